The molecule has 0 aliphatic rings. The van der Waals surface area contributed by atoms with Crippen molar-refractivity contribution in [1.29, 1.82) is 0 Å². The number of carbonyl (C=O) groups is 1. The second-order valence-corrected chi connectivity index (χ2v) is 2.74. The Kier molecular flexibility index (Phi) is 3.46. The van der Waals surface area contributed by atoms with Gasteiger partial charge in [0.25, 0.3) is 0 Å². The van der Waals surface area contributed by atoms with Crippen LogP contribution in [0, 0.1) is 0 Å². The number of benzene rings is 1. The number of nitrogens with two attached hydrogens (primary N) is 1. The highest BCUT2D eigenvalue weighted by atomic mass is 16.5. The molecule has 0 amide bonds. The maximum Gasteiger partial charge on any atom is 0.303 e. The van der Waals surface area contributed by atoms with E-state index in [-0.39, 0.29) is 12.1 Å². The van der Waals surface area contributed by atoms with Gasteiger partial charge in [-0.05, 0) is 5.56 Å². The highest BCUT2D eigenvalue weighted by molar-refractivity contribution is 5.66. The molecule has 0 bridgehead atoms. The fraction of sp³-hybridized carbons (Fsp3) is 0.300. The predicted molar refractivity (Wildman–Crippen MR) is 50.0 cm³/mol. The van der Waals surface area contributed by atoms with Crippen LogP contribution in [0.1, 0.15) is 18.6 Å². The monoisotopic (exact) mass is 179 g/mol. The minimum Gasteiger partial charge on any atom is -0.456 e. The van der Waals surface area contributed by atoms with E-state index in [2.05, 4.69) is 0 Å². The molecule has 1 atom stereocenters. The summed E-state index contributed by atoms with van der Waals surface area (Å²) >= 11 is 0. The number of ether oxygens (including phenoxy) is 1. The van der Waals surface area contributed by atoms with Crippen LogP contribution < -0.4 is 5.73 Å². The minimum absolute atomic E-state index is 0.306. The Balaban J connectivity index is 2.73. The van der Waals surface area contributed by atoms with Gasteiger partial charge in [0.05, 0.1) is 0 Å². The summed E-state index contributed by atoms with van der Waals surface area (Å²) in [7, 11) is 0. The number of esters is 1. The van der Waals surface area contributed by atoms with Crippen molar-refractivity contribution in [2.75, 3.05) is 6.54 Å². The lowest BCUT2D eigenvalue weighted by molar-refractivity contribution is -0.146. The molecule has 0 spiro atoms. The molecule has 0 aliphatic heterocycles. The SMILES string of the molecule is CC(=O)OC(CN)c1ccccc1. The van der Waals surface area contributed by atoms with Crippen LogP contribution in [0.25, 0.3) is 0 Å². The Morgan fingerprint density at radius 2 is 2.08 bits per heavy atom. The van der Waals surface area contributed by atoms with Crippen molar-refractivity contribution in [2.24, 2.45) is 5.73 Å². The van der Waals surface area contributed by atoms with E-state index in [0.29, 0.717) is 6.54 Å². The molecular formula is C10H13NO2. The van der Waals surface area contributed by atoms with E-state index in [0.717, 1.165) is 5.56 Å². The first kappa shape index (κ1) is 9.74. The van der Waals surface area contributed by atoms with Crippen LogP contribution >= 0.6 is 0 Å². The molecule has 13 heavy (non-hydrogen) atoms. The fourth-order valence-electron chi connectivity index (χ4n) is 1.12. The first-order valence-electron chi connectivity index (χ1n) is 4.16. The van der Waals surface area contributed by atoms with Gasteiger partial charge in [0, 0.05) is 13.5 Å². The van der Waals surface area contributed by atoms with Gasteiger partial charge in [-0.3, -0.25) is 4.79 Å². The predicted octanol–water partition coefficient (Wildman–Crippen LogP) is 1.25. The third-order valence-corrected chi connectivity index (χ3v) is 1.69. The molecule has 1 aromatic rings. The second kappa shape index (κ2) is 4.62. The van der Waals surface area contributed by atoms with Crippen LogP contribution in [0.5, 0.6) is 0 Å². The van der Waals surface area contributed by atoms with E-state index < -0.39 is 0 Å². The van der Waals surface area contributed by atoms with Crippen LogP contribution in [0.15, 0.2) is 30.3 Å². The van der Waals surface area contributed by atoms with Crippen molar-refractivity contribution >= 4 is 5.97 Å². The van der Waals surface area contributed by atoms with Gasteiger partial charge in [0.15, 0.2) is 0 Å². The van der Waals surface area contributed by atoms with Crippen LogP contribution in [-0.4, -0.2) is 12.5 Å². The van der Waals surface area contributed by atoms with Gasteiger partial charge in [-0.25, -0.2) is 0 Å². The fourth-order valence-corrected chi connectivity index (χ4v) is 1.12. The van der Waals surface area contributed by atoms with Crippen LogP contribution in [-0.2, 0) is 9.53 Å². The molecule has 0 radical (unpaired) electrons. The summed E-state index contributed by atoms with van der Waals surface area (Å²) in [5, 5.41) is 0. The number of rotatable bonds is 3. The van der Waals surface area contributed by atoms with E-state index in [4.69, 9.17) is 10.5 Å². The maximum absolute atomic E-state index is 10.7. The molecule has 1 rings (SSSR count). The van der Waals surface area contributed by atoms with Gasteiger partial charge >= 0.3 is 5.97 Å². The molecular weight excluding hydrogens is 166 g/mol. The molecule has 3 nitrogen and oxygen atoms in total. The van der Waals surface area contributed by atoms with E-state index >= 15 is 0 Å². The number of carbonyl (C=O) groups excluding carboxylic acids is 1. The largest absolute Gasteiger partial charge is 0.456 e. The van der Waals surface area contributed by atoms with E-state index in [1.54, 1.807) is 0 Å². The van der Waals surface area contributed by atoms with Crippen molar-refractivity contribution in [3.8, 4) is 0 Å². The van der Waals surface area contributed by atoms with Gasteiger partial charge < -0.3 is 10.5 Å². The second-order valence-electron chi connectivity index (χ2n) is 2.74. The summed E-state index contributed by atoms with van der Waals surface area (Å²) in [6.07, 6.45) is -0.321. The molecule has 0 saturated heterocycles. The summed E-state index contributed by atoms with van der Waals surface area (Å²) in [5.74, 6) is -0.306. The summed E-state index contributed by atoms with van der Waals surface area (Å²) in [4.78, 5) is 10.7. The van der Waals surface area contributed by atoms with Crippen molar-refractivity contribution in [3.05, 3.63) is 35.9 Å². The summed E-state index contributed by atoms with van der Waals surface area (Å²) in [6, 6.07) is 9.47. The third-order valence-electron chi connectivity index (χ3n) is 1.69. The summed E-state index contributed by atoms with van der Waals surface area (Å²) < 4.78 is 5.02. The first-order valence-corrected chi connectivity index (χ1v) is 4.16. The molecule has 3 heteroatoms. The normalized spacial score (nSPS) is 12.2. The molecule has 0 fully saturated rings. The quantitative estimate of drug-likeness (QED) is 0.710. The van der Waals surface area contributed by atoms with Crippen LogP contribution in [0.2, 0.25) is 0 Å². The van der Waals surface area contributed by atoms with E-state index in [1.807, 2.05) is 30.3 Å². The molecule has 70 valence electrons. The van der Waals surface area contributed by atoms with Crippen molar-refractivity contribution < 1.29 is 9.53 Å². The zero-order chi connectivity index (χ0) is 9.68. The van der Waals surface area contributed by atoms with Gasteiger partial charge in [-0.2, -0.15) is 0 Å². The highest BCUT2D eigenvalue weighted by Crippen LogP contribution is 2.15. The Labute approximate surface area is 77.5 Å². The Bertz CT molecular complexity index is 272. The van der Waals surface area contributed by atoms with Gasteiger partial charge in [-0.1, -0.05) is 30.3 Å². The Morgan fingerprint density at radius 3 is 2.54 bits per heavy atom. The summed E-state index contributed by atoms with van der Waals surface area (Å²) in [6.45, 7) is 1.69. The Hall–Kier alpha value is -1.35. The maximum atomic E-state index is 10.7. The lowest BCUT2D eigenvalue weighted by atomic mass is 10.1. The summed E-state index contributed by atoms with van der Waals surface area (Å²) in [5.41, 5.74) is 6.41. The van der Waals surface area contributed by atoms with Crippen molar-refractivity contribution in [3.63, 3.8) is 0 Å². The topological polar surface area (TPSA) is 52.3 Å². The minimum atomic E-state index is -0.321. The first-order chi connectivity index (χ1) is 6.24. The average molecular weight is 179 g/mol. The zero-order valence-electron chi connectivity index (χ0n) is 7.57. The molecule has 0 heterocycles. The van der Waals surface area contributed by atoms with Crippen LogP contribution in [0.3, 0.4) is 0 Å². The van der Waals surface area contributed by atoms with Crippen molar-refractivity contribution in [1.82, 2.24) is 0 Å². The molecule has 0 aliphatic carbocycles. The zero-order valence-corrected chi connectivity index (χ0v) is 7.57. The lowest BCUT2D eigenvalue weighted by Crippen LogP contribution is -2.17. The highest BCUT2D eigenvalue weighted by Gasteiger charge is 2.11. The molecule has 0 saturated carbocycles. The van der Waals surface area contributed by atoms with Crippen molar-refractivity contribution in [2.45, 2.75) is 13.0 Å². The van der Waals surface area contributed by atoms with Gasteiger partial charge in [0.2, 0.25) is 0 Å². The lowest BCUT2D eigenvalue weighted by Gasteiger charge is -2.14. The van der Waals surface area contributed by atoms with Gasteiger partial charge in [0.1, 0.15) is 6.10 Å². The number of hydrogen-bond donors (Lipinski definition) is 1. The smallest absolute Gasteiger partial charge is 0.303 e. The molecule has 1 aromatic carbocycles. The third kappa shape index (κ3) is 2.87. The van der Waals surface area contributed by atoms with Crippen LogP contribution in [0.4, 0.5) is 0 Å². The number of hydrogen-bond acceptors (Lipinski definition) is 3. The molecule has 2 N–H and O–H groups in total. The molecule has 0 aromatic heterocycles. The van der Waals surface area contributed by atoms with E-state index in [1.165, 1.54) is 6.92 Å². The average Bonchev–Trinajstić information content (AvgIpc) is 2.15. The van der Waals surface area contributed by atoms with E-state index in [9.17, 15) is 4.79 Å². The Morgan fingerprint density at radius 1 is 1.46 bits per heavy atom. The molecule has 1 unspecified atom stereocenters. The van der Waals surface area contributed by atoms with Gasteiger partial charge in [-0.15, -0.1) is 0 Å². The standard InChI is InChI=1S/C10H13NO2/c1-8(12)13-10(7-11)9-5-3-2-4-6-9/h2-6,10H,7,11H2,1H3.